The SMILES string of the molecule is CCNC1CCC(N(C)S(=O)(=O)c2ccc(Nc3nccc(Nc4ccc(F)cc4)n3)cc2)CC1. The molecule has 1 saturated carbocycles. The van der Waals surface area contributed by atoms with E-state index >= 15 is 0 Å². The number of hydrogen-bond donors (Lipinski definition) is 3. The second-order valence-electron chi connectivity index (χ2n) is 8.63. The molecule has 0 aliphatic heterocycles. The van der Waals surface area contributed by atoms with E-state index in [9.17, 15) is 12.8 Å². The minimum Gasteiger partial charge on any atom is -0.340 e. The summed E-state index contributed by atoms with van der Waals surface area (Å²) < 4.78 is 41.0. The zero-order chi connectivity index (χ0) is 24.8. The summed E-state index contributed by atoms with van der Waals surface area (Å²) in [5.41, 5.74) is 1.36. The minimum absolute atomic E-state index is 0.0115. The Labute approximate surface area is 206 Å². The quantitative estimate of drug-likeness (QED) is 0.395. The van der Waals surface area contributed by atoms with Crippen LogP contribution in [0.3, 0.4) is 0 Å². The Morgan fingerprint density at radius 1 is 0.943 bits per heavy atom. The van der Waals surface area contributed by atoms with E-state index < -0.39 is 10.0 Å². The number of nitrogens with one attached hydrogen (secondary N) is 3. The average Bonchev–Trinajstić information content (AvgIpc) is 2.86. The van der Waals surface area contributed by atoms with Gasteiger partial charge in [-0.25, -0.2) is 17.8 Å². The molecule has 0 spiro atoms. The van der Waals surface area contributed by atoms with Crippen molar-refractivity contribution in [3.63, 3.8) is 0 Å². The maximum atomic E-state index is 13.2. The molecule has 3 aromatic rings. The Morgan fingerprint density at radius 3 is 2.23 bits per heavy atom. The van der Waals surface area contributed by atoms with Crippen molar-refractivity contribution in [2.45, 2.75) is 49.6 Å². The number of rotatable bonds is 9. The largest absolute Gasteiger partial charge is 0.340 e. The van der Waals surface area contributed by atoms with Gasteiger partial charge in [-0.3, -0.25) is 0 Å². The summed E-state index contributed by atoms with van der Waals surface area (Å²) in [6.07, 6.45) is 5.27. The van der Waals surface area contributed by atoms with Gasteiger partial charge in [0.1, 0.15) is 11.6 Å². The molecule has 0 saturated heterocycles. The van der Waals surface area contributed by atoms with Crippen molar-refractivity contribution in [1.29, 1.82) is 0 Å². The lowest BCUT2D eigenvalue weighted by atomic mass is 9.91. The summed E-state index contributed by atoms with van der Waals surface area (Å²) in [6, 6.07) is 14.8. The first kappa shape index (κ1) is 25.0. The van der Waals surface area contributed by atoms with Gasteiger partial charge in [-0.15, -0.1) is 0 Å². The van der Waals surface area contributed by atoms with Gasteiger partial charge in [0.25, 0.3) is 0 Å². The zero-order valence-corrected chi connectivity index (χ0v) is 20.7. The lowest BCUT2D eigenvalue weighted by Crippen LogP contribution is -2.43. The lowest BCUT2D eigenvalue weighted by Gasteiger charge is -2.34. The van der Waals surface area contributed by atoms with Gasteiger partial charge in [0, 0.05) is 36.7 Å². The summed E-state index contributed by atoms with van der Waals surface area (Å²) >= 11 is 0. The molecule has 1 fully saturated rings. The molecule has 3 N–H and O–H groups in total. The highest BCUT2D eigenvalue weighted by Gasteiger charge is 2.31. The number of sulfonamides is 1. The second kappa shape index (κ2) is 11.1. The minimum atomic E-state index is -3.59. The smallest absolute Gasteiger partial charge is 0.243 e. The van der Waals surface area contributed by atoms with Crippen molar-refractivity contribution in [3.05, 3.63) is 66.6 Å². The molecule has 1 aliphatic carbocycles. The average molecular weight is 499 g/mol. The predicted molar refractivity (Wildman–Crippen MR) is 136 cm³/mol. The first-order valence-corrected chi connectivity index (χ1v) is 13.2. The molecular formula is C25H31FN6O2S. The number of benzene rings is 2. The summed E-state index contributed by atoms with van der Waals surface area (Å²) in [5.74, 6) is 0.579. The Bertz CT molecular complexity index is 1210. The van der Waals surface area contributed by atoms with E-state index in [0.717, 1.165) is 32.2 Å². The molecule has 4 rings (SSSR count). The monoisotopic (exact) mass is 498 g/mol. The van der Waals surface area contributed by atoms with Crippen LogP contribution < -0.4 is 16.0 Å². The van der Waals surface area contributed by atoms with Crippen molar-refractivity contribution >= 4 is 33.2 Å². The Hall–Kier alpha value is -3.08. The highest BCUT2D eigenvalue weighted by molar-refractivity contribution is 7.89. The standard InChI is InChI=1S/C25H31FN6O2S/c1-3-27-19-8-12-22(13-9-19)32(2)35(33,34)23-14-10-21(11-15-23)30-25-28-17-16-24(31-25)29-20-6-4-18(26)5-7-20/h4-7,10-11,14-17,19,22,27H,3,8-9,12-13H2,1-2H3,(H2,28,29,30,31). The van der Waals surface area contributed by atoms with E-state index in [1.165, 1.54) is 16.4 Å². The Kier molecular flexibility index (Phi) is 7.94. The van der Waals surface area contributed by atoms with Gasteiger partial charge in [0.2, 0.25) is 16.0 Å². The summed E-state index contributed by atoms with van der Waals surface area (Å²) in [4.78, 5) is 8.88. The van der Waals surface area contributed by atoms with Crippen LogP contribution in [0.25, 0.3) is 0 Å². The third-order valence-corrected chi connectivity index (χ3v) is 8.19. The van der Waals surface area contributed by atoms with Gasteiger partial charge >= 0.3 is 0 Å². The fourth-order valence-corrected chi connectivity index (χ4v) is 5.72. The molecule has 8 nitrogen and oxygen atoms in total. The molecule has 0 radical (unpaired) electrons. The Morgan fingerprint density at radius 2 is 1.57 bits per heavy atom. The molecule has 35 heavy (non-hydrogen) atoms. The number of hydrogen-bond acceptors (Lipinski definition) is 7. The van der Waals surface area contributed by atoms with Crippen LogP contribution in [0, 0.1) is 5.82 Å². The number of aromatic nitrogens is 2. The van der Waals surface area contributed by atoms with Crippen LogP contribution in [0.4, 0.5) is 27.5 Å². The van der Waals surface area contributed by atoms with E-state index in [1.807, 2.05) is 0 Å². The van der Waals surface area contributed by atoms with Gasteiger partial charge in [-0.1, -0.05) is 6.92 Å². The molecule has 0 atom stereocenters. The molecule has 2 aromatic carbocycles. The van der Waals surface area contributed by atoms with Crippen LogP contribution in [0.15, 0.2) is 65.7 Å². The van der Waals surface area contributed by atoms with E-state index in [-0.39, 0.29) is 16.8 Å². The summed E-state index contributed by atoms with van der Waals surface area (Å²) in [7, 11) is -1.91. The molecular weight excluding hydrogens is 467 g/mol. The third-order valence-electron chi connectivity index (χ3n) is 6.26. The van der Waals surface area contributed by atoms with Crippen LogP contribution in [-0.4, -0.2) is 48.4 Å². The van der Waals surface area contributed by atoms with Crippen LogP contribution in [0.2, 0.25) is 0 Å². The van der Waals surface area contributed by atoms with Crippen LogP contribution in [-0.2, 0) is 10.0 Å². The molecule has 1 aliphatic rings. The fourth-order valence-electron chi connectivity index (χ4n) is 4.30. The topological polar surface area (TPSA) is 99.3 Å². The van der Waals surface area contributed by atoms with Crippen molar-refractivity contribution in [2.24, 2.45) is 0 Å². The van der Waals surface area contributed by atoms with Gasteiger partial charge in [0.05, 0.1) is 4.90 Å². The molecule has 0 unspecified atom stereocenters. The highest BCUT2D eigenvalue weighted by Crippen LogP contribution is 2.28. The van der Waals surface area contributed by atoms with E-state index in [0.29, 0.717) is 29.2 Å². The van der Waals surface area contributed by atoms with Crippen molar-refractivity contribution in [1.82, 2.24) is 19.6 Å². The molecule has 1 aromatic heterocycles. The third kappa shape index (κ3) is 6.33. The van der Waals surface area contributed by atoms with E-state index in [1.54, 1.807) is 55.7 Å². The van der Waals surface area contributed by atoms with Gasteiger partial charge < -0.3 is 16.0 Å². The number of halogens is 1. The maximum Gasteiger partial charge on any atom is 0.243 e. The summed E-state index contributed by atoms with van der Waals surface area (Å²) in [6.45, 7) is 3.03. The molecule has 1 heterocycles. The number of nitrogens with zero attached hydrogens (tertiary/aromatic N) is 3. The lowest BCUT2D eigenvalue weighted by molar-refractivity contribution is 0.251. The molecule has 0 amide bonds. The summed E-state index contributed by atoms with van der Waals surface area (Å²) in [5, 5.41) is 9.64. The molecule has 0 bridgehead atoms. The van der Waals surface area contributed by atoms with Crippen LogP contribution in [0.1, 0.15) is 32.6 Å². The van der Waals surface area contributed by atoms with Crippen LogP contribution in [0.5, 0.6) is 0 Å². The second-order valence-corrected chi connectivity index (χ2v) is 10.6. The van der Waals surface area contributed by atoms with Crippen molar-refractivity contribution < 1.29 is 12.8 Å². The van der Waals surface area contributed by atoms with Gasteiger partial charge in [-0.05, 0) is 86.8 Å². The highest BCUT2D eigenvalue weighted by atomic mass is 32.2. The fraction of sp³-hybridized carbons (Fsp3) is 0.360. The normalized spacial score (nSPS) is 18.4. The Balaban J connectivity index is 1.39. The maximum absolute atomic E-state index is 13.2. The van der Waals surface area contributed by atoms with Crippen molar-refractivity contribution in [2.75, 3.05) is 24.2 Å². The van der Waals surface area contributed by atoms with E-state index in [2.05, 4.69) is 32.8 Å². The molecule has 186 valence electrons. The molecule has 10 heteroatoms. The van der Waals surface area contributed by atoms with Crippen LogP contribution >= 0.6 is 0 Å². The first-order valence-electron chi connectivity index (χ1n) is 11.8. The zero-order valence-electron chi connectivity index (χ0n) is 19.9. The number of anilines is 4. The van der Waals surface area contributed by atoms with Gasteiger partial charge in [0.15, 0.2) is 0 Å². The first-order chi connectivity index (χ1) is 16.8. The van der Waals surface area contributed by atoms with Gasteiger partial charge in [-0.2, -0.15) is 9.29 Å². The van der Waals surface area contributed by atoms with E-state index in [4.69, 9.17) is 0 Å². The predicted octanol–water partition coefficient (Wildman–Crippen LogP) is 4.64. The van der Waals surface area contributed by atoms with Crippen molar-refractivity contribution in [3.8, 4) is 0 Å².